The molecule has 0 radical (unpaired) electrons. The SMILES string of the molecule is Brc1ccc2c(-c3nnc(C4CC4)[nH]3)ncn2c1. The van der Waals surface area contributed by atoms with Crippen molar-refractivity contribution in [3.8, 4) is 11.5 Å². The number of aromatic nitrogens is 5. The van der Waals surface area contributed by atoms with Gasteiger partial charge in [0.1, 0.15) is 17.8 Å². The maximum Gasteiger partial charge on any atom is 0.182 e. The Morgan fingerprint density at radius 2 is 2.17 bits per heavy atom. The van der Waals surface area contributed by atoms with Crippen LogP contribution in [0.2, 0.25) is 0 Å². The first-order valence-electron chi connectivity index (χ1n) is 5.86. The van der Waals surface area contributed by atoms with Crippen LogP contribution in [-0.2, 0) is 0 Å². The quantitative estimate of drug-likeness (QED) is 0.792. The second-order valence-corrected chi connectivity index (χ2v) is 5.48. The van der Waals surface area contributed by atoms with Crippen LogP contribution in [0.3, 0.4) is 0 Å². The number of nitrogens with one attached hydrogen (secondary N) is 1. The van der Waals surface area contributed by atoms with Gasteiger partial charge in [-0.05, 0) is 40.9 Å². The Morgan fingerprint density at radius 1 is 1.28 bits per heavy atom. The van der Waals surface area contributed by atoms with E-state index < -0.39 is 0 Å². The van der Waals surface area contributed by atoms with E-state index in [2.05, 4.69) is 36.1 Å². The Balaban J connectivity index is 1.85. The number of halogens is 1. The third kappa shape index (κ3) is 1.56. The van der Waals surface area contributed by atoms with Crippen LogP contribution in [0.1, 0.15) is 24.6 Å². The third-order valence-corrected chi connectivity index (χ3v) is 3.66. The normalized spacial score (nSPS) is 15.4. The number of hydrogen-bond donors (Lipinski definition) is 1. The number of fused-ring (bicyclic) bond motifs is 1. The van der Waals surface area contributed by atoms with E-state index in [0.29, 0.717) is 5.92 Å². The van der Waals surface area contributed by atoms with E-state index in [1.54, 1.807) is 6.33 Å². The fourth-order valence-electron chi connectivity index (χ4n) is 2.08. The molecule has 3 heterocycles. The summed E-state index contributed by atoms with van der Waals surface area (Å²) in [4.78, 5) is 7.68. The molecule has 0 atom stereocenters. The number of rotatable bonds is 2. The summed E-state index contributed by atoms with van der Waals surface area (Å²) in [6, 6.07) is 4.02. The molecule has 0 spiro atoms. The lowest BCUT2D eigenvalue weighted by Crippen LogP contribution is -1.85. The summed E-state index contributed by atoms with van der Waals surface area (Å²) in [6.07, 6.45) is 6.19. The number of H-pyrrole nitrogens is 1. The molecule has 1 fully saturated rings. The zero-order chi connectivity index (χ0) is 12.1. The molecule has 4 rings (SSSR count). The second kappa shape index (κ2) is 3.65. The Bertz CT molecular complexity index is 725. The average molecular weight is 304 g/mol. The lowest BCUT2D eigenvalue weighted by molar-refractivity contribution is 0.935. The minimum Gasteiger partial charge on any atom is -0.323 e. The lowest BCUT2D eigenvalue weighted by atomic mass is 10.3. The molecule has 18 heavy (non-hydrogen) atoms. The largest absolute Gasteiger partial charge is 0.323 e. The molecular formula is C12H10BrN5. The minimum absolute atomic E-state index is 0.578. The van der Waals surface area contributed by atoms with E-state index in [-0.39, 0.29) is 0 Å². The standard InChI is InChI=1S/C12H10BrN5/c13-8-3-4-9-10(14-6-18(9)5-8)12-15-11(16-17-12)7-1-2-7/h3-7H,1-2H2,(H,15,16,17). The van der Waals surface area contributed by atoms with Crippen molar-refractivity contribution < 1.29 is 0 Å². The highest BCUT2D eigenvalue weighted by atomic mass is 79.9. The van der Waals surface area contributed by atoms with E-state index in [0.717, 1.165) is 27.3 Å². The van der Waals surface area contributed by atoms with Gasteiger partial charge in [-0.1, -0.05) is 0 Å². The third-order valence-electron chi connectivity index (χ3n) is 3.19. The number of aromatic amines is 1. The zero-order valence-electron chi connectivity index (χ0n) is 9.47. The van der Waals surface area contributed by atoms with Crippen molar-refractivity contribution in [2.45, 2.75) is 18.8 Å². The molecule has 0 aromatic carbocycles. The Morgan fingerprint density at radius 3 is 3.00 bits per heavy atom. The van der Waals surface area contributed by atoms with Crippen molar-refractivity contribution in [2.24, 2.45) is 0 Å². The van der Waals surface area contributed by atoms with Gasteiger partial charge in [-0.25, -0.2) is 4.98 Å². The van der Waals surface area contributed by atoms with Gasteiger partial charge in [-0.15, -0.1) is 10.2 Å². The minimum atomic E-state index is 0.578. The summed E-state index contributed by atoms with van der Waals surface area (Å²) in [5.74, 6) is 2.32. The van der Waals surface area contributed by atoms with E-state index in [1.165, 1.54) is 12.8 Å². The molecule has 3 aromatic heterocycles. The number of imidazole rings is 1. The van der Waals surface area contributed by atoms with Crippen molar-refractivity contribution in [1.82, 2.24) is 24.6 Å². The summed E-state index contributed by atoms with van der Waals surface area (Å²) in [7, 11) is 0. The summed E-state index contributed by atoms with van der Waals surface area (Å²) in [5, 5.41) is 8.39. The number of pyridine rings is 1. The van der Waals surface area contributed by atoms with Gasteiger partial charge in [0.2, 0.25) is 0 Å². The highest BCUT2D eigenvalue weighted by Crippen LogP contribution is 2.38. The van der Waals surface area contributed by atoms with Crippen molar-refractivity contribution in [1.29, 1.82) is 0 Å². The van der Waals surface area contributed by atoms with Crippen LogP contribution in [-0.4, -0.2) is 24.6 Å². The van der Waals surface area contributed by atoms with Gasteiger partial charge in [-0.2, -0.15) is 0 Å². The smallest absolute Gasteiger partial charge is 0.182 e. The molecule has 6 heteroatoms. The topological polar surface area (TPSA) is 58.9 Å². The monoisotopic (exact) mass is 303 g/mol. The molecule has 1 N–H and O–H groups in total. The Labute approximate surface area is 111 Å². The molecule has 1 aliphatic rings. The molecule has 0 amide bonds. The maximum atomic E-state index is 4.41. The van der Waals surface area contributed by atoms with Gasteiger partial charge in [0, 0.05) is 16.6 Å². The van der Waals surface area contributed by atoms with Crippen LogP contribution in [0, 0.1) is 0 Å². The van der Waals surface area contributed by atoms with Crippen LogP contribution in [0.5, 0.6) is 0 Å². The predicted molar refractivity (Wildman–Crippen MR) is 70.2 cm³/mol. The van der Waals surface area contributed by atoms with Gasteiger partial charge < -0.3 is 9.38 Å². The number of hydrogen-bond acceptors (Lipinski definition) is 3. The predicted octanol–water partition coefficient (Wildman–Crippen LogP) is 2.76. The molecule has 3 aromatic rings. The molecule has 0 bridgehead atoms. The van der Waals surface area contributed by atoms with E-state index >= 15 is 0 Å². The van der Waals surface area contributed by atoms with Crippen molar-refractivity contribution in [3.63, 3.8) is 0 Å². The Hall–Kier alpha value is -1.69. The van der Waals surface area contributed by atoms with Crippen LogP contribution in [0.15, 0.2) is 29.1 Å². The van der Waals surface area contributed by atoms with Gasteiger partial charge in [0.15, 0.2) is 5.82 Å². The average Bonchev–Trinajstić information content (AvgIpc) is 2.96. The first kappa shape index (κ1) is 10.3. The molecule has 0 aliphatic heterocycles. The molecule has 1 saturated carbocycles. The molecule has 1 aliphatic carbocycles. The van der Waals surface area contributed by atoms with E-state index in [4.69, 9.17) is 0 Å². The van der Waals surface area contributed by atoms with Gasteiger partial charge >= 0.3 is 0 Å². The fraction of sp³-hybridized carbons (Fsp3) is 0.250. The van der Waals surface area contributed by atoms with E-state index in [1.807, 2.05) is 22.7 Å². The summed E-state index contributed by atoms with van der Waals surface area (Å²) >= 11 is 3.44. The zero-order valence-corrected chi connectivity index (χ0v) is 11.1. The van der Waals surface area contributed by atoms with Crippen LogP contribution < -0.4 is 0 Å². The molecule has 0 saturated heterocycles. The van der Waals surface area contributed by atoms with Crippen molar-refractivity contribution in [3.05, 3.63) is 35.0 Å². The van der Waals surface area contributed by atoms with Gasteiger partial charge in [0.05, 0.1) is 5.52 Å². The van der Waals surface area contributed by atoms with Crippen LogP contribution in [0.4, 0.5) is 0 Å². The van der Waals surface area contributed by atoms with Crippen molar-refractivity contribution in [2.75, 3.05) is 0 Å². The van der Waals surface area contributed by atoms with Crippen LogP contribution in [0.25, 0.3) is 17.0 Å². The van der Waals surface area contributed by atoms with Crippen LogP contribution >= 0.6 is 15.9 Å². The first-order valence-corrected chi connectivity index (χ1v) is 6.66. The first-order chi connectivity index (χ1) is 8.81. The van der Waals surface area contributed by atoms with Crippen molar-refractivity contribution >= 4 is 21.4 Å². The lowest BCUT2D eigenvalue weighted by Gasteiger charge is -1.96. The molecule has 90 valence electrons. The summed E-state index contributed by atoms with van der Waals surface area (Å²) < 4.78 is 2.99. The summed E-state index contributed by atoms with van der Waals surface area (Å²) in [6.45, 7) is 0. The maximum absolute atomic E-state index is 4.41. The molecular weight excluding hydrogens is 294 g/mol. The fourth-order valence-corrected chi connectivity index (χ4v) is 2.43. The molecule has 0 unspecified atom stereocenters. The highest BCUT2D eigenvalue weighted by Gasteiger charge is 2.27. The summed E-state index contributed by atoms with van der Waals surface area (Å²) in [5.41, 5.74) is 1.87. The highest BCUT2D eigenvalue weighted by molar-refractivity contribution is 9.10. The second-order valence-electron chi connectivity index (χ2n) is 4.57. The number of nitrogens with zero attached hydrogens (tertiary/aromatic N) is 4. The van der Waals surface area contributed by atoms with E-state index in [9.17, 15) is 0 Å². The van der Waals surface area contributed by atoms with Gasteiger partial charge in [-0.3, -0.25) is 0 Å². The Kier molecular flexibility index (Phi) is 2.08. The van der Waals surface area contributed by atoms with Gasteiger partial charge in [0.25, 0.3) is 0 Å². The molecule has 5 nitrogen and oxygen atoms in total.